The van der Waals surface area contributed by atoms with Gasteiger partial charge in [-0.2, -0.15) is 0 Å². The van der Waals surface area contributed by atoms with E-state index in [1.807, 2.05) is 25.1 Å². The molecule has 1 unspecified atom stereocenters. The van der Waals surface area contributed by atoms with Crippen LogP contribution in [0.3, 0.4) is 0 Å². The maximum absolute atomic E-state index is 13.6. The van der Waals surface area contributed by atoms with Crippen LogP contribution >= 0.6 is 0 Å². The molecule has 0 spiro atoms. The minimum atomic E-state index is -0.819. The number of ketones is 1. The highest BCUT2D eigenvalue weighted by atomic mass is 16.5. The normalized spacial score (nSPS) is 19.2. The molecule has 0 radical (unpaired) electrons. The van der Waals surface area contributed by atoms with E-state index in [1.165, 1.54) is 0 Å². The van der Waals surface area contributed by atoms with Gasteiger partial charge in [0.05, 0.1) is 37.1 Å². The molecular weight excluding hydrogens is 524 g/mol. The Labute approximate surface area is 239 Å². The van der Waals surface area contributed by atoms with Crippen LogP contribution in [0.2, 0.25) is 0 Å². The monoisotopic (exact) mass is 560 g/mol. The fourth-order valence-corrected chi connectivity index (χ4v) is 5.50. The van der Waals surface area contributed by atoms with Gasteiger partial charge in [-0.25, -0.2) is 4.98 Å². The summed E-state index contributed by atoms with van der Waals surface area (Å²) in [5, 5.41) is 11.7. The lowest BCUT2D eigenvalue weighted by atomic mass is 9.95. The molecule has 1 atom stereocenters. The van der Waals surface area contributed by atoms with Crippen molar-refractivity contribution >= 4 is 23.1 Å². The molecule has 2 fully saturated rings. The van der Waals surface area contributed by atoms with E-state index in [0.717, 1.165) is 19.6 Å². The highest BCUT2D eigenvalue weighted by molar-refractivity contribution is 6.46. The molecule has 2 aromatic heterocycles. The number of fused-ring (bicyclic) bond motifs is 1. The Morgan fingerprint density at radius 2 is 1.95 bits per heavy atom. The van der Waals surface area contributed by atoms with Gasteiger partial charge in [0.2, 0.25) is 0 Å². The van der Waals surface area contributed by atoms with Gasteiger partial charge in [-0.1, -0.05) is 24.8 Å². The summed E-state index contributed by atoms with van der Waals surface area (Å²) in [4.78, 5) is 35.6. The summed E-state index contributed by atoms with van der Waals surface area (Å²) in [5.74, 6) is -0.622. The number of carbonyl (C=O) groups excluding carboxylic acids is 2. The number of hydrogen-bond acceptors (Lipinski definition) is 8. The van der Waals surface area contributed by atoms with E-state index in [1.54, 1.807) is 46.7 Å². The van der Waals surface area contributed by atoms with Gasteiger partial charge in [0, 0.05) is 32.4 Å². The Kier molecular flexibility index (Phi) is 8.70. The number of amides is 1. The number of rotatable bonds is 11. The molecule has 216 valence electrons. The average Bonchev–Trinajstić information content (AvgIpc) is 3.45. The van der Waals surface area contributed by atoms with E-state index in [0.29, 0.717) is 73.5 Å². The van der Waals surface area contributed by atoms with Crippen LogP contribution in [0.25, 0.3) is 11.4 Å². The number of aliphatic hydroxyl groups excluding tert-OH is 1. The second kappa shape index (κ2) is 12.6. The van der Waals surface area contributed by atoms with E-state index >= 15 is 0 Å². The van der Waals surface area contributed by atoms with Crippen LogP contribution < -0.4 is 9.47 Å². The van der Waals surface area contributed by atoms with E-state index in [2.05, 4.69) is 16.5 Å². The van der Waals surface area contributed by atoms with Gasteiger partial charge in [0.1, 0.15) is 17.9 Å². The predicted molar refractivity (Wildman–Crippen MR) is 154 cm³/mol. The molecule has 0 aliphatic carbocycles. The molecule has 2 aliphatic rings. The standard InChI is InChI=1S/C31H36N4O6/c1-4-17-41-23-11-10-22(20-24(23)40-5-2)28-26(29(36)27-21(3)32-25-9-6-7-13-34(25)27)30(37)31(38)35(28)14-8-12-33-15-18-39-19-16-33/h4,6-7,9-11,13,20,28,36H,1,5,8,12,14-19H2,2-3H3/b29-26+. The average molecular weight is 561 g/mol. The molecule has 10 heteroatoms. The Balaban J connectivity index is 1.58. The minimum Gasteiger partial charge on any atom is -0.505 e. The number of likely N-dealkylation sites (tertiary alicyclic amines) is 1. The lowest BCUT2D eigenvalue weighted by Gasteiger charge is -2.29. The van der Waals surface area contributed by atoms with Gasteiger partial charge in [-0.3, -0.25) is 18.9 Å². The number of aliphatic hydroxyl groups is 1. The van der Waals surface area contributed by atoms with Crippen LogP contribution in [-0.2, 0) is 14.3 Å². The Hall–Kier alpha value is -4.15. The summed E-state index contributed by atoms with van der Waals surface area (Å²) < 4.78 is 18.8. The second-order valence-electron chi connectivity index (χ2n) is 10.0. The summed E-state index contributed by atoms with van der Waals surface area (Å²) in [6, 6.07) is 10.0. The lowest BCUT2D eigenvalue weighted by molar-refractivity contribution is -0.140. The van der Waals surface area contributed by atoms with Crippen LogP contribution in [0, 0.1) is 6.92 Å². The third kappa shape index (κ3) is 5.71. The van der Waals surface area contributed by atoms with Crippen molar-refractivity contribution in [1.29, 1.82) is 0 Å². The predicted octanol–water partition coefficient (Wildman–Crippen LogP) is 3.75. The quantitative estimate of drug-likeness (QED) is 0.164. The zero-order valence-electron chi connectivity index (χ0n) is 23.5. The van der Waals surface area contributed by atoms with Crippen molar-refractivity contribution in [3.8, 4) is 11.5 Å². The van der Waals surface area contributed by atoms with E-state index in [-0.39, 0.29) is 11.3 Å². The van der Waals surface area contributed by atoms with E-state index in [4.69, 9.17) is 14.2 Å². The fourth-order valence-electron chi connectivity index (χ4n) is 5.50. The first-order chi connectivity index (χ1) is 19.9. The van der Waals surface area contributed by atoms with Crippen LogP contribution in [-0.4, -0.2) is 88.6 Å². The Morgan fingerprint density at radius 3 is 2.71 bits per heavy atom. The number of ether oxygens (including phenoxy) is 3. The largest absolute Gasteiger partial charge is 0.505 e. The summed E-state index contributed by atoms with van der Waals surface area (Å²) in [7, 11) is 0. The summed E-state index contributed by atoms with van der Waals surface area (Å²) in [6.07, 6.45) is 4.08. The van der Waals surface area contributed by atoms with Crippen molar-refractivity contribution in [3.63, 3.8) is 0 Å². The number of imidazole rings is 1. The SMILES string of the molecule is C=CCOc1ccc(C2/C(=C(\O)c3c(C)nc4ccccn34)C(=O)C(=O)N2CCCN2CCOCC2)cc1OCC. The molecule has 1 amide bonds. The number of hydrogen-bond donors (Lipinski definition) is 1. The first kappa shape index (κ1) is 28.4. The third-order valence-electron chi connectivity index (χ3n) is 7.39. The lowest BCUT2D eigenvalue weighted by Crippen LogP contribution is -2.39. The second-order valence-corrected chi connectivity index (χ2v) is 10.0. The highest BCUT2D eigenvalue weighted by Gasteiger charge is 2.46. The molecule has 1 N–H and O–H groups in total. The van der Waals surface area contributed by atoms with Gasteiger partial charge in [-0.05, 0) is 50.1 Å². The molecule has 0 saturated carbocycles. The van der Waals surface area contributed by atoms with Crippen LogP contribution in [0.15, 0.2) is 60.8 Å². The van der Waals surface area contributed by atoms with Gasteiger partial charge in [0.25, 0.3) is 11.7 Å². The molecule has 41 heavy (non-hydrogen) atoms. The topological polar surface area (TPSA) is 106 Å². The number of carbonyl (C=O) groups is 2. The molecule has 4 heterocycles. The first-order valence-corrected chi connectivity index (χ1v) is 14.0. The summed E-state index contributed by atoms with van der Waals surface area (Å²) in [6.45, 7) is 12.2. The number of benzene rings is 1. The van der Waals surface area contributed by atoms with Gasteiger partial charge in [-0.15, -0.1) is 0 Å². The number of nitrogens with zero attached hydrogens (tertiary/aromatic N) is 4. The molecular formula is C31H36N4O6. The number of morpholine rings is 1. The fraction of sp³-hybridized carbons (Fsp3) is 0.387. The maximum atomic E-state index is 13.6. The highest BCUT2D eigenvalue weighted by Crippen LogP contribution is 2.42. The van der Waals surface area contributed by atoms with Crippen molar-refractivity contribution in [2.75, 3.05) is 52.6 Å². The zero-order chi connectivity index (χ0) is 28.9. The number of Topliss-reactive ketones (excluding diaryl/α,β-unsaturated/α-hetero) is 1. The molecule has 1 aromatic carbocycles. The molecule has 2 saturated heterocycles. The molecule has 10 nitrogen and oxygen atoms in total. The molecule has 5 rings (SSSR count). The maximum Gasteiger partial charge on any atom is 0.295 e. The zero-order valence-corrected chi connectivity index (χ0v) is 23.5. The van der Waals surface area contributed by atoms with Crippen molar-refractivity contribution in [2.24, 2.45) is 0 Å². The Bertz CT molecular complexity index is 1470. The first-order valence-electron chi connectivity index (χ1n) is 14.0. The summed E-state index contributed by atoms with van der Waals surface area (Å²) in [5.41, 5.74) is 2.22. The smallest absolute Gasteiger partial charge is 0.295 e. The van der Waals surface area contributed by atoms with Crippen LogP contribution in [0.4, 0.5) is 0 Å². The van der Waals surface area contributed by atoms with Gasteiger partial charge in [0.15, 0.2) is 17.3 Å². The van der Waals surface area contributed by atoms with E-state index in [9.17, 15) is 14.7 Å². The minimum absolute atomic E-state index is 0.0253. The van der Waals surface area contributed by atoms with Gasteiger partial charge >= 0.3 is 0 Å². The molecule has 3 aromatic rings. The Morgan fingerprint density at radius 1 is 1.15 bits per heavy atom. The number of aryl methyl sites for hydroxylation is 1. The van der Waals surface area contributed by atoms with Crippen molar-refractivity contribution in [3.05, 3.63) is 77.8 Å². The number of aromatic nitrogens is 2. The molecule has 0 bridgehead atoms. The number of pyridine rings is 1. The molecule has 2 aliphatic heterocycles. The van der Waals surface area contributed by atoms with Gasteiger partial charge < -0.3 is 24.2 Å². The third-order valence-corrected chi connectivity index (χ3v) is 7.39. The van der Waals surface area contributed by atoms with Crippen LogP contribution in [0.5, 0.6) is 11.5 Å². The van der Waals surface area contributed by atoms with E-state index < -0.39 is 17.7 Å². The van der Waals surface area contributed by atoms with Crippen LogP contribution in [0.1, 0.15) is 36.3 Å². The van der Waals surface area contributed by atoms with Crippen molar-refractivity contribution < 1.29 is 28.9 Å². The summed E-state index contributed by atoms with van der Waals surface area (Å²) >= 11 is 0. The van der Waals surface area contributed by atoms with Crippen molar-refractivity contribution in [1.82, 2.24) is 19.2 Å². The van der Waals surface area contributed by atoms with Crippen molar-refractivity contribution in [2.45, 2.75) is 26.3 Å².